The van der Waals surface area contributed by atoms with Crippen LogP contribution in [0.25, 0.3) is 0 Å². The lowest BCUT2D eigenvalue weighted by atomic mass is 9.48. The quantitative estimate of drug-likeness (QED) is 0.487. The van der Waals surface area contributed by atoms with Gasteiger partial charge in [-0.25, -0.2) is 0 Å². The maximum absolute atomic E-state index is 11.9. The number of likely N-dealkylation sites (N-methyl/N-ethyl adjacent to an activating group) is 1. The molecule has 1 saturated heterocycles. The number of ether oxygens (including phenoxy) is 2. The third-order valence-corrected chi connectivity index (χ3v) is 8.41. The van der Waals surface area contributed by atoms with Crippen LogP contribution in [-0.2, 0) is 26.2 Å². The van der Waals surface area contributed by atoms with Gasteiger partial charge in [0.15, 0.2) is 11.5 Å². The molecule has 1 aromatic rings. The number of nitrogens with one attached hydrogen (secondary N) is 1. The molecular weight excluding hydrogens is 416 g/mol. The number of hydrogen-bond acceptors (Lipinski definition) is 7. The van der Waals surface area contributed by atoms with Crippen LogP contribution in [0, 0.1) is 0 Å². The Kier molecular flexibility index (Phi) is 4.92. The van der Waals surface area contributed by atoms with E-state index in [1.54, 1.807) is 13.2 Å². The molecule has 1 saturated carbocycles. The molecule has 9 heteroatoms. The van der Waals surface area contributed by atoms with E-state index in [4.69, 9.17) is 14.6 Å². The first kappa shape index (κ1) is 21.5. The third kappa shape index (κ3) is 2.67. The third-order valence-electron chi connectivity index (χ3n) is 8.41. The number of methoxy groups -OCH3 is 1. The molecule has 2 unspecified atom stereocenters. The minimum atomic E-state index is -1.07. The Balaban J connectivity index is 1.59. The molecule has 174 valence electrons. The van der Waals surface area contributed by atoms with Crippen molar-refractivity contribution in [3.05, 3.63) is 23.3 Å². The zero-order valence-corrected chi connectivity index (χ0v) is 18.3. The molecule has 4 N–H and O–H groups in total. The second kappa shape index (κ2) is 7.33. The van der Waals surface area contributed by atoms with E-state index in [0.29, 0.717) is 12.2 Å². The highest BCUT2D eigenvalue weighted by Gasteiger charge is 2.73. The molecule has 9 nitrogen and oxygen atoms in total. The van der Waals surface area contributed by atoms with Crippen molar-refractivity contribution >= 4 is 11.9 Å². The number of phenolic OH excluding ortho intramolecular Hbond substituents is 1. The number of carboxylic acid groups (broad SMARTS) is 2. The Morgan fingerprint density at radius 2 is 2.12 bits per heavy atom. The van der Waals surface area contributed by atoms with Crippen molar-refractivity contribution in [3.8, 4) is 11.5 Å². The van der Waals surface area contributed by atoms with Crippen molar-refractivity contribution in [2.75, 3.05) is 20.7 Å². The number of aromatic hydroxyl groups is 1. The number of phenols is 1. The highest BCUT2D eigenvalue weighted by atomic mass is 16.5. The number of benzene rings is 1. The van der Waals surface area contributed by atoms with Gasteiger partial charge in [0.25, 0.3) is 0 Å². The van der Waals surface area contributed by atoms with Crippen LogP contribution in [-0.4, -0.2) is 82.7 Å². The minimum absolute atomic E-state index is 0.00881. The van der Waals surface area contributed by atoms with E-state index in [2.05, 4.69) is 17.3 Å². The van der Waals surface area contributed by atoms with Crippen molar-refractivity contribution in [2.45, 2.75) is 73.8 Å². The van der Waals surface area contributed by atoms with Crippen LogP contribution < -0.4 is 10.1 Å². The van der Waals surface area contributed by atoms with Crippen LogP contribution in [0.3, 0.4) is 0 Å². The van der Waals surface area contributed by atoms with Crippen molar-refractivity contribution in [1.82, 2.24) is 10.2 Å². The second-order valence-electron chi connectivity index (χ2n) is 9.64. The average Bonchev–Trinajstić information content (AvgIpc) is 3.11. The number of likely N-dealkylation sites (tertiary alicyclic amines) is 1. The molecule has 1 aromatic carbocycles. The van der Waals surface area contributed by atoms with Crippen LogP contribution in [0.5, 0.6) is 11.5 Å². The summed E-state index contributed by atoms with van der Waals surface area (Å²) in [4.78, 5) is 25.3. The van der Waals surface area contributed by atoms with E-state index in [-0.39, 0.29) is 30.7 Å². The topological polar surface area (TPSA) is 129 Å². The summed E-state index contributed by atoms with van der Waals surface area (Å²) in [6.45, 7) is 0.846. The summed E-state index contributed by atoms with van der Waals surface area (Å²) in [5.41, 5.74) is 1.14. The van der Waals surface area contributed by atoms with Gasteiger partial charge in [-0.1, -0.05) is 6.07 Å². The standard InChI is InChI=1S/C23H30N2O7/c1-25-10-9-22-18-12-3-5-15(26)19(18)32-20(22)13(7-8-23(22,31-2)16(25)11-12)24-14(21(29)30)4-6-17(27)28/h3,5,13-14,16,20,24,26H,4,6-11H2,1-2H3,(H,27,28)(H,29,30)/t13-,14?,16?,20+,22+,23-/m1/s1. The summed E-state index contributed by atoms with van der Waals surface area (Å²) in [6.07, 6.45) is 2.27. The van der Waals surface area contributed by atoms with Gasteiger partial charge in [-0.15, -0.1) is 0 Å². The van der Waals surface area contributed by atoms with E-state index in [1.165, 1.54) is 0 Å². The summed E-state index contributed by atoms with van der Waals surface area (Å²) in [5.74, 6) is -1.52. The molecule has 2 fully saturated rings. The fourth-order valence-corrected chi connectivity index (χ4v) is 7.11. The summed E-state index contributed by atoms with van der Waals surface area (Å²) < 4.78 is 12.8. The second-order valence-corrected chi connectivity index (χ2v) is 9.64. The van der Waals surface area contributed by atoms with Gasteiger partial charge in [-0.3, -0.25) is 14.9 Å². The molecule has 2 aliphatic heterocycles. The minimum Gasteiger partial charge on any atom is -0.504 e. The number of piperidine rings is 1. The van der Waals surface area contributed by atoms with Crippen LogP contribution in [0.15, 0.2) is 12.1 Å². The fourth-order valence-electron chi connectivity index (χ4n) is 7.11. The summed E-state index contributed by atoms with van der Waals surface area (Å²) in [5, 5.41) is 32.6. The Morgan fingerprint density at radius 1 is 1.34 bits per heavy atom. The molecule has 5 rings (SSSR count). The van der Waals surface area contributed by atoms with Crippen LogP contribution in [0.4, 0.5) is 0 Å². The first-order valence-corrected chi connectivity index (χ1v) is 11.2. The number of carboxylic acids is 2. The zero-order chi connectivity index (χ0) is 22.8. The van der Waals surface area contributed by atoms with E-state index in [1.807, 2.05) is 6.07 Å². The van der Waals surface area contributed by atoms with Gasteiger partial charge in [0.1, 0.15) is 12.1 Å². The number of carbonyl (C=O) groups is 2. The molecule has 4 aliphatic rings. The molecule has 2 bridgehead atoms. The highest BCUT2D eigenvalue weighted by molar-refractivity contribution is 5.75. The largest absolute Gasteiger partial charge is 0.504 e. The molecule has 1 spiro atoms. The maximum atomic E-state index is 11.9. The summed E-state index contributed by atoms with van der Waals surface area (Å²) in [6, 6.07) is 2.49. The number of rotatable bonds is 7. The monoisotopic (exact) mass is 446 g/mol. The summed E-state index contributed by atoms with van der Waals surface area (Å²) >= 11 is 0. The van der Waals surface area contributed by atoms with E-state index < -0.39 is 35.1 Å². The zero-order valence-electron chi connectivity index (χ0n) is 18.3. The Morgan fingerprint density at radius 3 is 2.81 bits per heavy atom. The average molecular weight is 447 g/mol. The van der Waals surface area contributed by atoms with E-state index in [9.17, 15) is 19.8 Å². The number of hydrogen-bond donors (Lipinski definition) is 4. The number of aliphatic carboxylic acids is 2. The first-order chi connectivity index (χ1) is 15.2. The molecule has 0 aromatic heterocycles. The highest BCUT2D eigenvalue weighted by Crippen LogP contribution is 2.66. The van der Waals surface area contributed by atoms with Crippen LogP contribution in [0.2, 0.25) is 0 Å². The van der Waals surface area contributed by atoms with E-state index in [0.717, 1.165) is 36.9 Å². The predicted octanol–water partition coefficient (Wildman–Crippen LogP) is 1.11. The van der Waals surface area contributed by atoms with Gasteiger partial charge < -0.3 is 29.7 Å². The predicted molar refractivity (Wildman–Crippen MR) is 113 cm³/mol. The van der Waals surface area contributed by atoms with Gasteiger partial charge >= 0.3 is 11.9 Å². The normalized spacial score (nSPS) is 35.6. The van der Waals surface area contributed by atoms with Crippen molar-refractivity contribution in [3.63, 3.8) is 0 Å². The smallest absolute Gasteiger partial charge is 0.320 e. The number of nitrogens with zero attached hydrogens (tertiary/aromatic N) is 1. The van der Waals surface area contributed by atoms with Gasteiger partial charge in [-0.2, -0.15) is 0 Å². The van der Waals surface area contributed by atoms with Gasteiger partial charge in [-0.05, 0) is 57.3 Å². The Hall–Kier alpha value is -2.36. The van der Waals surface area contributed by atoms with Gasteiger partial charge in [0, 0.05) is 31.2 Å². The molecular formula is C23H30N2O7. The summed E-state index contributed by atoms with van der Waals surface area (Å²) in [7, 11) is 3.86. The lowest BCUT2D eigenvalue weighted by Crippen LogP contribution is -2.78. The maximum Gasteiger partial charge on any atom is 0.320 e. The molecule has 0 amide bonds. The fraction of sp³-hybridized carbons (Fsp3) is 0.652. The van der Waals surface area contributed by atoms with Crippen LogP contribution >= 0.6 is 0 Å². The molecule has 2 aliphatic carbocycles. The van der Waals surface area contributed by atoms with Crippen molar-refractivity contribution in [2.24, 2.45) is 0 Å². The Bertz CT molecular complexity index is 968. The van der Waals surface area contributed by atoms with Gasteiger partial charge in [0.2, 0.25) is 0 Å². The molecule has 0 radical (unpaired) electrons. The van der Waals surface area contributed by atoms with Gasteiger partial charge in [0.05, 0.1) is 11.0 Å². The molecule has 32 heavy (non-hydrogen) atoms. The van der Waals surface area contributed by atoms with Crippen molar-refractivity contribution in [1.29, 1.82) is 0 Å². The SMILES string of the molecule is CO[C@@]12CC[C@@H](NC(CCC(=O)O)C(=O)O)[C@@H]3Oc4c(O)ccc5c4[C@@]31CCN(C)C2C5. The molecule has 6 atom stereocenters. The first-order valence-electron chi connectivity index (χ1n) is 11.2. The Labute approximate surface area is 186 Å². The molecule has 2 heterocycles. The lowest BCUT2D eigenvalue weighted by Gasteiger charge is -2.65. The van der Waals surface area contributed by atoms with Crippen molar-refractivity contribution < 1.29 is 34.4 Å². The van der Waals surface area contributed by atoms with Crippen LogP contribution in [0.1, 0.15) is 43.2 Å². The lowest BCUT2D eigenvalue weighted by molar-refractivity contribution is -0.204. The van der Waals surface area contributed by atoms with E-state index >= 15 is 0 Å².